The zero-order chi connectivity index (χ0) is 12.5. The molecular formula is C13H15ClN2OS. The Morgan fingerprint density at radius 3 is 2.72 bits per heavy atom. The molecule has 2 heterocycles. The van der Waals surface area contributed by atoms with Crippen molar-refractivity contribution in [3.63, 3.8) is 0 Å². The summed E-state index contributed by atoms with van der Waals surface area (Å²) in [4.78, 5) is 13.8. The first-order valence-electron chi connectivity index (χ1n) is 6.25. The molecule has 2 aliphatic heterocycles. The second kappa shape index (κ2) is 5.11. The first kappa shape index (κ1) is 12.3. The standard InChI is InChI=1S/C13H15ClN2OS/c14-11-7-10-3-6-15(9-17)12(10)8-13(11)18-16-4-1-2-5-16/h7-9H,1-6H2. The van der Waals surface area contributed by atoms with E-state index < -0.39 is 0 Å². The van der Waals surface area contributed by atoms with Crippen LogP contribution in [0.25, 0.3) is 0 Å². The van der Waals surface area contributed by atoms with Crippen LogP contribution < -0.4 is 4.90 Å². The molecule has 0 N–H and O–H groups in total. The summed E-state index contributed by atoms with van der Waals surface area (Å²) in [6.07, 6.45) is 4.33. The van der Waals surface area contributed by atoms with Crippen molar-refractivity contribution < 1.29 is 4.79 Å². The zero-order valence-electron chi connectivity index (χ0n) is 10.1. The van der Waals surface area contributed by atoms with Gasteiger partial charge >= 0.3 is 0 Å². The largest absolute Gasteiger partial charge is 0.314 e. The Morgan fingerprint density at radius 1 is 1.22 bits per heavy atom. The number of amides is 1. The van der Waals surface area contributed by atoms with Gasteiger partial charge in [-0.2, -0.15) is 0 Å². The van der Waals surface area contributed by atoms with Crippen LogP contribution in [-0.4, -0.2) is 30.3 Å². The van der Waals surface area contributed by atoms with Gasteiger partial charge in [0.05, 0.1) is 5.02 Å². The molecule has 0 unspecified atom stereocenters. The second-order valence-electron chi connectivity index (χ2n) is 4.69. The van der Waals surface area contributed by atoms with E-state index in [0.717, 1.165) is 48.1 Å². The van der Waals surface area contributed by atoms with Crippen LogP contribution in [0.3, 0.4) is 0 Å². The minimum absolute atomic E-state index is 0.771. The van der Waals surface area contributed by atoms with Crippen molar-refractivity contribution >= 4 is 35.6 Å². The lowest BCUT2D eigenvalue weighted by Gasteiger charge is -2.17. The molecule has 2 aliphatic rings. The van der Waals surface area contributed by atoms with Gasteiger partial charge in [-0.05, 0) is 48.9 Å². The van der Waals surface area contributed by atoms with Crippen molar-refractivity contribution in [3.05, 3.63) is 22.7 Å². The fourth-order valence-electron chi connectivity index (χ4n) is 2.51. The fourth-order valence-corrected chi connectivity index (χ4v) is 3.83. The minimum Gasteiger partial charge on any atom is -0.314 e. The van der Waals surface area contributed by atoms with Crippen LogP contribution in [-0.2, 0) is 11.2 Å². The summed E-state index contributed by atoms with van der Waals surface area (Å²) in [6, 6.07) is 4.07. The van der Waals surface area contributed by atoms with Crippen molar-refractivity contribution in [1.29, 1.82) is 0 Å². The Morgan fingerprint density at radius 2 is 2.00 bits per heavy atom. The average Bonchev–Trinajstić information content (AvgIpc) is 2.99. The fraction of sp³-hybridized carbons (Fsp3) is 0.462. The number of hydrogen-bond donors (Lipinski definition) is 0. The molecule has 0 radical (unpaired) electrons. The smallest absolute Gasteiger partial charge is 0.214 e. The van der Waals surface area contributed by atoms with Crippen molar-refractivity contribution in [1.82, 2.24) is 4.31 Å². The van der Waals surface area contributed by atoms with E-state index in [-0.39, 0.29) is 0 Å². The van der Waals surface area contributed by atoms with Crippen LogP contribution in [0.4, 0.5) is 5.69 Å². The Kier molecular flexibility index (Phi) is 3.50. The maximum absolute atomic E-state index is 11.0. The number of carbonyl (C=O) groups is 1. The van der Waals surface area contributed by atoms with E-state index in [2.05, 4.69) is 10.4 Å². The summed E-state index contributed by atoms with van der Waals surface area (Å²) >= 11 is 8.04. The maximum atomic E-state index is 11.0. The predicted octanol–water partition coefficient (Wildman–Crippen LogP) is 2.96. The Hall–Kier alpha value is -0.710. The van der Waals surface area contributed by atoms with Crippen molar-refractivity contribution in [2.75, 3.05) is 24.5 Å². The van der Waals surface area contributed by atoms with E-state index in [1.165, 1.54) is 18.4 Å². The van der Waals surface area contributed by atoms with Crippen LogP contribution in [0.15, 0.2) is 17.0 Å². The van der Waals surface area contributed by atoms with Gasteiger partial charge in [-0.1, -0.05) is 11.6 Å². The highest BCUT2D eigenvalue weighted by molar-refractivity contribution is 7.97. The van der Waals surface area contributed by atoms with Gasteiger partial charge in [0.2, 0.25) is 6.41 Å². The summed E-state index contributed by atoms with van der Waals surface area (Å²) in [5.74, 6) is 0. The first-order chi connectivity index (χ1) is 8.78. The molecule has 5 heteroatoms. The SMILES string of the molecule is O=CN1CCc2cc(Cl)c(SN3CCCC3)cc21. The van der Waals surface area contributed by atoms with Crippen LogP contribution in [0.1, 0.15) is 18.4 Å². The van der Waals surface area contributed by atoms with Gasteiger partial charge in [0.15, 0.2) is 0 Å². The Labute approximate surface area is 116 Å². The number of hydrogen-bond acceptors (Lipinski definition) is 3. The van der Waals surface area contributed by atoms with Crippen LogP contribution in [0.5, 0.6) is 0 Å². The lowest BCUT2D eigenvalue weighted by molar-refractivity contribution is -0.107. The zero-order valence-corrected chi connectivity index (χ0v) is 11.6. The van der Waals surface area contributed by atoms with E-state index in [9.17, 15) is 4.79 Å². The number of fused-ring (bicyclic) bond motifs is 1. The maximum Gasteiger partial charge on any atom is 0.214 e. The highest BCUT2D eigenvalue weighted by Gasteiger charge is 2.22. The number of halogens is 1. The second-order valence-corrected chi connectivity index (χ2v) is 6.23. The molecule has 0 bridgehead atoms. The van der Waals surface area contributed by atoms with Crippen LogP contribution in [0, 0.1) is 0 Å². The van der Waals surface area contributed by atoms with Gasteiger partial charge < -0.3 is 4.90 Å². The molecule has 3 rings (SSSR count). The molecule has 1 aromatic carbocycles. The lowest BCUT2D eigenvalue weighted by Crippen LogP contribution is -2.17. The first-order valence-corrected chi connectivity index (χ1v) is 7.40. The molecule has 1 saturated heterocycles. The molecule has 0 saturated carbocycles. The number of anilines is 1. The quantitative estimate of drug-likeness (QED) is 0.629. The third-order valence-electron chi connectivity index (χ3n) is 3.48. The number of benzene rings is 1. The van der Waals surface area contributed by atoms with Crippen molar-refractivity contribution in [3.8, 4) is 0 Å². The average molecular weight is 283 g/mol. The summed E-state index contributed by atoms with van der Waals surface area (Å²) in [5, 5.41) is 0.804. The van der Waals surface area contributed by atoms with Gasteiger partial charge in [-0.25, -0.2) is 4.31 Å². The Bertz CT molecular complexity index is 474. The molecule has 1 amide bonds. The highest BCUT2D eigenvalue weighted by Crippen LogP contribution is 2.39. The van der Waals surface area contributed by atoms with E-state index >= 15 is 0 Å². The molecular weight excluding hydrogens is 268 g/mol. The summed E-state index contributed by atoms with van der Waals surface area (Å²) in [7, 11) is 0. The monoisotopic (exact) mass is 282 g/mol. The van der Waals surface area contributed by atoms with E-state index in [1.807, 2.05) is 6.07 Å². The van der Waals surface area contributed by atoms with Gasteiger partial charge in [-0.15, -0.1) is 0 Å². The van der Waals surface area contributed by atoms with Gasteiger partial charge in [-0.3, -0.25) is 4.79 Å². The van der Waals surface area contributed by atoms with Gasteiger partial charge in [0.25, 0.3) is 0 Å². The normalized spacial score (nSPS) is 19.3. The predicted molar refractivity (Wildman–Crippen MR) is 75.2 cm³/mol. The molecule has 0 aliphatic carbocycles. The highest BCUT2D eigenvalue weighted by atomic mass is 35.5. The number of nitrogens with zero attached hydrogens (tertiary/aromatic N) is 2. The van der Waals surface area contributed by atoms with E-state index in [1.54, 1.807) is 16.8 Å². The van der Waals surface area contributed by atoms with Crippen molar-refractivity contribution in [2.45, 2.75) is 24.2 Å². The summed E-state index contributed by atoms with van der Waals surface area (Å²) < 4.78 is 2.34. The van der Waals surface area contributed by atoms with Gasteiger partial charge in [0, 0.05) is 30.2 Å². The third-order valence-corrected chi connectivity index (χ3v) is 5.07. The topological polar surface area (TPSA) is 23.6 Å². The molecule has 1 aromatic rings. The molecule has 96 valence electrons. The minimum atomic E-state index is 0.771. The number of rotatable bonds is 3. The molecule has 18 heavy (non-hydrogen) atoms. The molecule has 0 aromatic heterocycles. The summed E-state index contributed by atoms with van der Waals surface area (Å²) in [5.41, 5.74) is 2.20. The molecule has 1 fully saturated rings. The van der Waals surface area contributed by atoms with E-state index in [4.69, 9.17) is 11.6 Å². The molecule has 3 nitrogen and oxygen atoms in total. The lowest BCUT2D eigenvalue weighted by atomic mass is 10.2. The Balaban J connectivity index is 1.87. The summed E-state index contributed by atoms with van der Waals surface area (Å²) in [6.45, 7) is 3.01. The molecule has 0 atom stereocenters. The van der Waals surface area contributed by atoms with Crippen LogP contribution >= 0.6 is 23.5 Å². The number of carbonyl (C=O) groups excluding carboxylic acids is 1. The van der Waals surface area contributed by atoms with Crippen molar-refractivity contribution in [2.24, 2.45) is 0 Å². The van der Waals surface area contributed by atoms with Gasteiger partial charge in [0.1, 0.15) is 0 Å². The third kappa shape index (κ3) is 2.25. The molecule has 0 spiro atoms. The van der Waals surface area contributed by atoms with E-state index in [0.29, 0.717) is 0 Å². The van der Waals surface area contributed by atoms with Crippen LogP contribution in [0.2, 0.25) is 5.02 Å².